The SMILES string of the molecule is C=CCc1ccc(OCCn2c(CCNC(=O)c3cccc(Cl)c3)nc3ccccc32)c(OC)c1. The van der Waals surface area contributed by atoms with Crippen molar-refractivity contribution in [3.05, 3.63) is 101 Å². The zero-order chi connectivity index (χ0) is 24.6. The molecule has 35 heavy (non-hydrogen) atoms. The third kappa shape index (κ3) is 6.03. The number of ether oxygens (including phenoxy) is 2. The van der Waals surface area contributed by atoms with Crippen LogP contribution in [0.1, 0.15) is 21.7 Å². The van der Waals surface area contributed by atoms with Gasteiger partial charge in [0, 0.05) is 23.6 Å². The quantitative estimate of drug-likeness (QED) is 0.283. The number of hydrogen-bond donors (Lipinski definition) is 1. The number of benzene rings is 3. The Morgan fingerprint density at radius 3 is 2.77 bits per heavy atom. The van der Waals surface area contributed by atoms with Gasteiger partial charge in [-0.3, -0.25) is 4.79 Å². The topological polar surface area (TPSA) is 65.4 Å². The third-order valence-electron chi connectivity index (χ3n) is 5.64. The van der Waals surface area contributed by atoms with Crippen LogP contribution in [0.4, 0.5) is 0 Å². The van der Waals surface area contributed by atoms with Gasteiger partial charge in [-0.1, -0.05) is 41.9 Å². The average Bonchev–Trinajstić information content (AvgIpc) is 3.22. The van der Waals surface area contributed by atoms with Gasteiger partial charge in [0.05, 0.1) is 24.7 Å². The van der Waals surface area contributed by atoms with Crippen LogP contribution in [0.3, 0.4) is 0 Å². The smallest absolute Gasteiger partial charge is 0.251 e. The van der Waals surface area contributed by atoms with Crippen LogP contribution in [0, 0.1) is 0 Å². The van der Waals surface area contributed by atoms with E-state index in [9.17, 15) is 4.79 Å². The molecule has 1 N–H and O–H groups in total. The molecule has 6 nitrogen and oxygen atoms in total. The molecule has 0 atom stereocenters. The number of imidazole rings is 1. The summed E-state index contributed by atoms with van der Waals surface area (Å²) in [5.41, 5.74) is 3.59. The number of methoxy groups -OCH3 is 1. The first kappa shape index (κ1) is 24.4. The number of halogens is 1. The summed E-state index contributed by atoms with van der Waals surface area (Å²) in [5.74, 6) is 2.11. The Kier molecular flexibility index (Phi) is 8.06. The maximum absolute atomic E-state index is 12.5. The number of allylic oxidation sites excluding steroid dienone is 1. The fraction of sp³-hybridized carbons (Fsp3) is 0.214. The molecule has 3 aromatic carbocycles. The van der Waals surface area contributed by atoms with E-state index in [1.165, 1.54) is 0 Å². The molecule has 180 valence electrons. The molecular formula is C28H28ClN3O3. The van der Waals surface area contributed by atoms with E-state index in [1.54, 1.807) is 31.4 Å². The lowest BCUT2D eigenvalue weighted by molar-refractivity contribution is 0.0954. The molecule has 1 heterocycles. The number of fused-ring (bicyclic) bond motifs is 1. The summed E-state index contributed by atoms with van der Waals surface area (Å²) >= 11 is 6.00. The van der Waals surface area contributed by atoms with Gasteiger partial charge in [0.2, 0.25) is 0 Å². The number of para-hydroxylation sites is 2. The van der Waals surface area contributed by atoms with Gasteiger partial charge in [-0.05, 0) is 54.4 Å². The monoisotopic (exact) mass is 489 g/mol. The molecule has 1 aromatic heterocycles. The predicted octanol–water partition coefficient (Wildman–Crippen LogP) is 5.48. The van der Waals surface area contributed by atoms with Crippen molar-refractivity contribution >= 4 is 28.5 Å². The van der Waals surface area contributed by atoms with E-state index in [0.29, 0.717) is 48.2 Å². The molecule has 0 unspecified atom stereocenters. The van der Waals surface area contributed by atoms with Gasteiger partial charge in [-0.2, -0.15) is 0 Å². The van der Waals surface area contributed by atoms with Gasteiger partial charge < -0.3 is 19.4 Å². The van der Waals surface area contributed by atoms with Crippen LogP contribution in [0.2, 0.25) is 5.02 Å². The zero-order valence-electron chi connectivity index (χ0n) is 19.7. The van der Waals surface area contributed by atoms with Crippen LogP contribution in [0.5, 0.6) is 11.5 Å². The number of amides is 1. The standard InChI is InChI=1S/C28H28ClN3O3/c1-3-7-20-12-13-25(26(18-20)34-2)35-17-16-32-24-11-5-4-10-23(24)31-27(32)14-15-30-28(33)21-8-6-9-22(29)19-21/h3-6,8-13,18-19H,1,7,14-17H2,2H3,(H,30,33). The molecule has 0 radical (unpaired) electrons. The Bertz CT molecular complexity index is 1330. The van der Waals surface area contributed by atoms with E-state index in [4.69, 9.17) is 26.1 Å². The van der Waals surface area contributed by atoms with Crippen LogP contribution < -0.4 is 14.8 Å². The number of carbonyl (C=O) groups excluding carboxylic acids is 1. The highest BCUT2D eigenvalue weighted by Crippen LogP contribution is 2.28. The molecule has 4 rings (SSSR count). The number of nitrogens with zero attached hydrogens (tertiary/aromatic N) is 2. The third-order valence-corrected chi connectivity index (χ3v) is 5.87. The molecule has 0 aliphatic heterocycles. The van der Waals surface area contributed by atoms with E-state index >= 15 is 0 Å². The second-order valence-corrected chi connectivity index (χ2v) is 8.45. The second-order valence-electron chi connectivity index (χ2n) is 8.01. The highest BCUT2D eigenvalue weighted by Gasteiger charge is 2.13. The largest absolute Gasteiger partial charge is 0.493 e. The van der Waals surface area contributed by atoms with Crippen molar-refractivity contribution in [3.63, 3.8) is 0 Å². The number of hydrogen-bond acceptors (Lipinski definition) is 4. The molecule has 0 aliphatic rings. The Morgan fingerprint density at radius 1 is 1.11 bits per heavy atom. The van der Waals surface area contributed by atoms with E-state index in [2.05, 4.69) is 16.5 Å². The fourth-order valence-corrected chi connectivity index (χ4v) is 4.15. The lowest BCUT2D eigenvalue weighted by Crippen LogP contribution is -2.26. The maximum Gasteiger partial charge on any atom is 0.251 e. The zero-order valence-corrected chi connectivity index (χ0v) is 20.4. The molecule has 1 amide bonds. The summed E-state index contributed by atoms with van der Waals surface area (Å²) in [6, 6.07) is 20.8. The number of aromatic nitrogens is 2. The summed E-state index contributed by atoms with van der Waals surface area (Å²) in [5, 5.41) is 3.49. The van der Waals surface area contributed by atoms with Gasteiger partial charge in [-0.25, -0.2) is 4.98 Å². The van der Waals surface area contributed by atoms with Crippen LogP contribution in [-0.2, 0) is 19.4 Å². The molecular weight excluding hydrogens is 462 g/mol. The Hall–Kier alpha value is -3.77. The molecule has 0 saturated heterocycles. The molecule has 0 saturated carbocycles. The fourth-order valence-electron chi connectivity index (χ4n) is 3.96. The van der Waals surface area contributed by atoms with Crippen molar-refractivity contribution in [2.45, 2.75) is 19.4 Å². The van der Waals surface area contributed by atoms with Crippen molar-refractivity contribution in [2.75, 3.05) is 20.3 Å². The minimum Gasteiger partial charge on any atom is -0.493 e. The van der Waals surface area contributed by atoms with Crippen molar-refractivity contribution in [1.82, 2.24) is 14.9 Å². The van der Waals surface area contributed by atoms with Crippen LogP contribution in [0.25, 0.3) is 11.0 Å². The molecule has 7 heteroatoms. The Morgan fingerprint density at radius 2 is 1.97 bits per heavy atom. The maximum atomic E-state index is 12.5. The van der Waals surface area contributed by atoms with E-state index in [0.717, 1.165) is 28.8 Å². The molecule has 0 spiro atoms. The van der Waals surface area contributed by atoms with Crippen molar-refractivity contribution < 1.29 is 14.3 Å². The number of rotatable bonds is 11. The van der Waals surface area contributed by atoms with Gasteiger partial charge in [0.25, 0.3) is 5.91 Å². The summed E-state index contributed by atoms with van der Waals surface area (Å²) in [6.45, 7) is 5.29. The summed E-state index contributed by atoms with van der Waals surface area (Å²) in [4.78, 5) is 17.3. The molecule has 0 bridgehead atoms. The van der Waals surface area contributed by atoms with Gasteiger partial charge in [0.15, 0.2) is 11.5 Å². The average molecular weight is 490 g/mol. The highest BCUT2D eigenvalue weighted by molar-refractivity contribution is 6.30. The Labute approximate surface area is 210 Å². The molecule has 0 aliphatic carbocycles. The lowest BCUT2D eigenvalue weighted by atomic mass is 10.1. The number of carbonyl (C=O) groups is 1. The molecule has 0 fully saturated rings. The van der Waals surface area contributed by atoms with Gasteiger partial charge in [-0.15, -0.1) is 6.58 Å². The van der Waals surface area contributed by atoms with Crippen molar-refractivity contribution in [2.24, 2.45) is 0 Å². The summed E-state index contributed by atoms with van der Waals surface area (Å²) < 4.78 is 13.7. The van der Waals surface area contributed by atoms with Crippen molar-refractivity contribution in [3.8, 4) is 11.5 Å². The van der Waals surface area contributed by atoms with Gasteiger partial charge >= 0.3 is 0 Å². The lowest BCUT2D eigenvalue weighted by Gasteiger charge is -2.14. The normalized spacial score (nSPS) is 10.8. The van der Waals surface area contributed by atoms with E-state index < -0.39 is 0 Å². The number of nitrogens with one attached hydrogen (secondary N) is 1. The second kappa shape index (κ2) is 11.6. The minimum absolute atomic E-state index is 0.162. The van der Waals surface area contributed by atoms with E-state index in [-0.39, 0.29) is 5.91 Å². The summed E-state index contributed by atoms with van der Waals surface area (Å²) in [6.07, 6.45) is 3.22. The Balaban J connectivity index is 1.43. The first-order valence-corrected chi connectivity index (χ1v) is 11.9. The summed E-state index contributed by atoms with van der Waals surface area (Å²) in [7, 11) is 1.64. The first-order chi connectivity index (χ1) is 17.1. The predicted molar refractivity (Wildman–Crippen MR) is 140 cm³/mol. The van der Waals surface area contributed by atoms with Crippen molar-refractivity contribution in [1.29, 1.82) is 0 Å². The highest BCUT2D eigenvalue weighted by atomic mass is 35.5. The minimum atomic E-state index is -0.162. The van der Waals surface area contributed by atoms with Crippen LogP contribution in [-0.4, -0.2) is 35.7 Å². The van der Waals surface area contributed by atoms with E-state index in [1.807, 2.05) is 48.5 Å². The van der Waals surface area contributed by atoms with Crippen LogP contribution >= 0.6 is 11.6 Å². The van der Waals surface area contributed by atoms with Gasteiger partial charge in [0.1, 0.15) is 12.4 Å². The van der Waals surface area contributed by atoms with Crippen LogP contribution in [0.15, 0.2) is 79.4 Å². The first-order valence-electron chi connectivity index (χ1n) is 11.5. The molecule has 4 aromatic rings.